The Labute approximate surface area is 124 Å². The van der Waals surface area contributed by atoms with Crippen molar-refractivity contribution >= 4 is 21.5 Å². The van der Waals surface area contributed by atoms with Gasteiger partial charge in [-0.15, -0.1) is 0 Å². The van der Waals surface area contributed by atoms with Gasteiger partial charge >= 0.3 is 16.3 Å². The first kappa shape index (κ1) is 16.0. The molecule has 0 aliphatic rings. The van der Waals surface area contributed by atoms with E-state index in [0.717, 1.165) is 30.3 Å². The van der Waals surface area contributed by atoms with Gasteiger partial charge in [0.1, 0.15) is 10.6 Å². The van der Waals surface area contributed by atoms with Crippen molar-refractivity contribution in [2.75, 3.05) is 11.5 Å². The molecule has 0 aromatic heterocycles. The third-order valence-corrected chi connectivity index (χ3v) is 3.96. The predicted octanol–water partition coefficient (Wildman–Crippen LogP) is 2.64. The minimum absolute atomic E-state index is 0.0220. The summed E-state index contributed by atoms with van der Waals surface area (Å²) in [4.78, 5) is -0.309. The van der Waals surface area contributed by atoms with Crippen molar-refractivity contribution in [2.24, 2.45) is 0 Å². The Hall–Kier alpha value is -2.42. The van der Waals surface area contributed by atoms with Crippen LogP contribution in [0.3, 0.4) is 0 Å². The molecule has 0 bridgehead atoms. The lowest BCUT2D eigenvalue weighted by Gasteiger charge is -2.11. The highest BCUT2D eigenvalue weighted by molar-refractivity contribution is 7.87. The van der Waals surface area contributed by atoms with Crippen molar-refractivity contribution in [3.8, 4) is 5.75 Å². The quantitative estimate of drug-likeness (QED) is 0.665. The fourth-order valence-electron chi connectivity index (χ4n) is 1.61. The van der Waals surface area contributed by atoms with Crippen LogP contribution in [0.1, 0.15) is 5.56 Å². The van der Waals surface area contributed by atoms with Gasteiger partial charge in [-0.2, -0.15) is 21.6 Å². The van der Waals surface area contributed by atoms with Crippen LogP contribution < -0.4 is 15.7 Å². The summed E-state index contributed by atoms with van der Waals surface area (Å²) < 4.78 is 66.5. The first-order valence-corrected chi connectivity index (χ1v) is 7.27. The smallest absolute Gasteiger partial charge is 0.397 e. The maximum absolute atomic E-state index is 12.6. The monoisotopic (exact) mass is 332 g/mol. The van der Waals surface area contributed by atoms with Gasteiger partial charge in [-0.25, -0.2) is 0 Å². The molecule has 0 saturated heterocycles. The molecule has 118 valence electrons. The normalized spacial score (nSPS) is 12.1. The van der Waals surface area contributed by atoms with Gasteiger partial charge in [0, 0.05) is 0 Å². The average molecular weight is 332 g/mol. The number of nitrogens with two attached hydrogens (primary N) is 2. The van der Waals surface area contributed by atoms with Crippen LogP contribution in [0.25, 0.3) is 0 Å². The number of rotatable bonds is 3. The molecule has 2 aromatic rings. The zero-order chi connectivity index (χ0) is 16.5. The molecule has 0 unspecified atom stereocenters. The minimum atomic E-state index is -4.60. The highest BCUT2D eigenvalue weighted by Gasteiger charge is 2.31. The molecule has 4 N–H and O–H groups in total. The second-order valence-electron chi connectivity index (χ2n) is 4.35. The van der Waals surface area contributed by atoms with Gasteiger partial charge in [0.2, 0.25) is 0 Å². The van der Waals surface area contributed by atoms with Gasteiger partial charge in [-0.05, 0) is 36.4 Å². The maximum Gasteiger partial charge on any atom is 0.416 e. The van der Waals surface area contributed by atoms with Crippen LogP contribution in [0, 0.1) is 0 Å². The minimum Gasteiger partial charge on any atom is -0.397 e. The van der Waals surface area contributed by atoms with Crippen LogP contribution in [-0.2, 0) is 16.3 Å². The number of nitrogen functional groups attached to an aromatic ring is 2. The summed E-state index contributed by atoms with van der Waals surface area (Å²) in [6.07, 6.45) is -4.60. The number of hydrogen-bond acceptors (Lipinski definition) is 5. The molecule has 0 spiro atoms. The van der Waals surface area contributed by atoms with E-state index in [0.29, 0.717) is 6.07 Å². The number of benzene rings is 2. The molecule has 0 saturated carbocycles. The van der Waals surface area contributed by atoms with Crippen molar-refractivity contribution in [3.63, 3.8) is 0 Å². The van der Waals surface area contributed by atoms with Crippen molar-refractivity contribution in [3.05, 3.63) is 48.0 Å². The number of alkyl halides is 3. The molecular formula is C13H11F3N2O3S. The van der Waals surface area contributed by atoms with E-state index in [2.05, 4.69) is 0 Å². The van der Waals surface area contributed by atoms with Crippen LogP contribution in [0.15, 0.2) is 47.4 Å². The molecule has 9 heteroatoms. The summed E-state index contributed by atoms with van der Waals surface area (Å²) >= 11 is 0. The topological polar surface area (TPSA) is 95.4 Å². The van der Waals surface area contributed by atoms with E-state index in [-0.39, 0.29) is 16.3 Å². The Morgan fingerprint density at radius 1 is 0.955 bits per heavy atom. The highest BCUT2D eigenvalue weighted by atomic mass is 32.2. The highest BCUT2D eigenvalue weighted by Crippen LogP contribution is 2.32. The molecule has 0 heterocycles. The number of anilines is 2. The summed E-state index contributed by atoms with van der Waals surface area (Å²) in [5, 5.41) is 0. The van der Waals surface area contributed by atoms with E-state index in [9.17, 15) is 21.6 Å². The van der Waals surface area contributed by atoms with E-state index in [1.807, 2.05) is 0 Å². The van der Waals surface area contributed by atoms with Crippen molar-refractivity contribution in [2.45, 2.75) is 11.1 Å². The molecule has 2 rings (SSSR count). The average Bonchev–Trinajstić information content (AvgIpc) is 2.40. The molecule has 0 radical (unpaired) electrons. The Morgan fingerprint density at radius 2 is 1.64 bits per heavy atom. The SMILES string of the molecule is Nc1ccc(S(=O)(=O)Oc2cccc(C(F)(F)F)c2)cc1N. The molecule has 0 aliphatic carbocycles. The Bertz CT molecular complexity index is 804. The third-order valence-electron chi connectivity index (χ3n) is 2.71. The van der Waals surface area contributed by atoms with Crippen molar-refractivity contribution in [1.82, 2.24) is 0 Å². The summed E-state index contributed by atoms with van der Waals surface area (Å²) in [6.45, 7) is 0. The van der Waals surface area contributed by atoms with Gasteiger partial charge in [-0.3, -0.25) is 0 Å². The first-order valence-electron chi connectivity index (χ1n) is 5.86. The lowest BCUT2D eigenvalue weighted by atomic mass is 10.2. The second kappa shape index (κ2) is 5.41. The Balaban J connectivity index is 2.35. The van der Waals surface area contributed by atoms with E-state index < -0.39 is 27.6 Å². The third kappa shape index (κ3) is 3.42. The lowest BCUT2D eigenvalue weighted by molar-refractivity contribution is -0.137. The molecule has 5 nitrogen and oxygen atoms in total. The van der Waals surface area contributed by atoms with Gasteiger partial charge in [-0.1, -0.05) is 6.07 Å². The summed E-state index contributed by atoms with van der Waals surface area (Å²) in [5.74, 6) is -0.453. The fourth-order valence-corrected chi connectivity index (χ4v) is 2.57. The van der Waals surface area contributed by atoms with Crippen molar-refractivity contribution in [1.29, 1.82) is 0 Å². The molecular weight excluding hydrogens is 321 g/mol. The summed E-state index contributed by atoms with van der Waals surface area (Å²) in [7, 11) is -4.32. The molecule has 0 amide bonds. The summed E-state index contributed by atoms with van der Waals surface area (Å²) in [5.41, 5.74) is 10.1. The zero-order valence-corrected chi connectivity index (χ0v) is 11.8. The van der Waals surface area contributed by atoms with Crippen LogP contribution in [0.2, 0.25) is 0 Å². The fraction of sp³-hybridized carbons (Fsp3) is 0.0769. The molecule has 22 heavy (non-hydrogen) atoms. The Morgan fingerprint density at radius 3 is 2.23 bits per heavy atom. The summed E-state index contributed by atoms with van der Waals surface area (Å²) in [6, 6.07) is 7.03. The molecule has 0 atom stereocenters. The number of hydrogen-bond donors (Lipinski definition) is 2. The van der Waals surface area contributed by atoms with Gasteiger partial charge in [0.05, 0.1) is 16.9 Å². The van der Waals surface area contributed by atoms with Crippen LogP contribution >= 0.6 is 0 Å². The largest absolute Gasteiger partial charge is 0.416 e. The van der Waals surface area contributed by atoms with E-state index >= 15 is 0 Å². The van der Waals surface area contributed by atoms with Gasteiger partial charge < -0.3 is 15.7 Å². The molecule has 2 aromatic carbocycles. The van der Waals surface area contributed by atoms with Gasteiger partial charge in [0.25, 0.3) is 0 Å². The number of halogens is 3. The van der Waals surface area contributed by atoms with Crippen LogP contribution in [0.5, 0.6) is 5.75 Å². The molecule has 0 fully saturated rings. The zero-order valence-electron chi connectivity index (χ0n) is 11.0. The lowest BCUT2D eigenvalue weighted by Crippen LogP contribution is -2.12. The first-order chi connectivity index (χ1) is 10.1. The van der Waals surface area contributed by atoms with E-state index in [1.54, 1.807) is 0 Å². The maximum atomic E-state index is 12.6. The van der Waals surface area contributed by atoms with Crippen LogP contribution in [-0.4, -0.2) is 8.42 Å². The van der Waals surface area contributed by atoms with Gasteiger partial charge in [0.15, 0.2) is 0 Å². The van der Waals surface area contributed by atoms with E-state index in [4.69, 9.17) is 15.7 Å². The predicted molar refractivity (Wildman–Crippen MR) is 74.5 cm³/mol. The standard InChI is InChI=1S/C13H11F3N2O3S/c14-13(15,16)8-2-1-3-9(6-8)21-22(19,20)10-4-5-11(17)12(18)7-10/h1-7H,17-18H2. The van der Waals surface area contributed by atoms with Crippen LogP contribution in [0.4, 0.5) is 24.5 Å². The molecule has 0 aliphatic heterocycles. The Kier molecular flexibility index (Phi) is 3.92. The van der Waals surface area contributed by atoms with Crippen molar-refractivity contribution < 1.29 is 25.8 Å². The second-order valence-corrected chi connectivity index (χ2v) is 5.90. The van der Waals surface area contributed by atoms with E-state index in [1.165, 1.54) is 6.07 Å².